The third-order valence-corrected chi connectivity index (χ3v) is 6.09. The molecule has 0 aromatic carbocycles. The van der Waals surface area contributed by atoms with E-state index in [0.717, 1.165) is 30.0 Å². The summed E-state index contributed by atoms with van der Waals surface area (Å²) in [5.74, 6) is -0.844. The van der Waals surface area contributed by atoms with Crippen LogP contribution in [0.5, 0.6) is 0 Å². The lowest BCUT2D eigenvalue weighted by molar-refractivity contribution is -0.142. The number of aliphatic hydroxyl groups excluding tert-OH is 1. The minimum absolute atomic E-state index is 0.0157. The van der Waals surface area contributed by atoms with Gasteiger partial charge in [-0.2, -0.15) is 13.2 Å². The predicted octanol–water partition coefficient (Wildman–Crippen LogP) is 4.54. The highest BCUT2D eigenvalue weighted by Gasteiger charge is 2.38. The van der Waals surface area contributed by atoms with Crippen molar-refractivity contribution in [1.82, 2.24) is 15.3 Å². The summed E-state index contributed by atoms with van der Waals surface area (Å²) in [5, 5.41) is 14.7. The van der Waals surface area contributed by atoms with E-state index >= 15 is 0 Å². The molecule has 2 aromatic rings. The molecule has 0 saturated heterocycles. The van der Waals surface area contributed by atoms with E-state index in [1.165, 1.54) is 13.1 Å². The molecule has 0 aliphatic heterocycles. The van der Waals surface area contributed by atoms with Crippen molar-refractivity contribution in [2.24, 2.45) is 0 Å². The molecule has 3 N–H and O–H groups in total. The Morgan fingerprint density at radius 2 is 2.03 bits per heavy atom. The zero-order chi connectivity index (χ0) is 22.8. The first-order valence-corrected chi connectivity index (χ1v) is 10.5. The molecule has 1 saturated carbocycles. The Balaban J connectivity index is 1.81. The minimum atomic E-state index is -4.55. The first kappa shape index (κ1) is 23.3. The summed E-state index contributed by atoms with van der Waals surface area (Å²) in [4.78, 5) is 20.4. The number of rotatable bonds is 7. The molecule has 1 aliphatic carbocycles. The average molecular weight is 464 g/mol. The van der Waals surface area contributed by atoms with Crippen LogP contribution in [-0.4, -0.2) is 45.3 Å². The highest BCUT2D eigenvalue weighted by Crippen LogP contribution is 2.36. The fourth-order valence-corrected chi connectivity index (χ4v) is 4.22. The van der Waals surface area contributed by atoms with Gasteiger partial charge in [0.1, 0.15) is 11.9 Å². The number of nitrogens with one attached hydrogen (secondary N) is 2. The van der Waals surface area contributed by atoms with Gasteiger partial charge in [-0.3, -0.25) is 4.79 Å². The van der Waals surface area contributed by atoms with Crippen molar-refractivity contribution in [3.05, 3.63) is 29.0 Å². The normalized spacial score (nSPS) is 20.1. The quantitative estimate of drug-likeness (QED) is 0.524. The number of amides is 1. The van der Waals surface area contributed by atoms with Gasteiger partial charge in [0.25, 0.3) is 12.3 Å². The highest BCUT2D eigenvalue weighted by molar-refractivity contribution is 7.17. The fourth-order valence-electron chi connectivity index (χ4n) is 3.37. The van der Waals surface area contributed by atoms with Gasteiger partial charge >= 0.3 is 6.18 Å². The molecule has 1 aliphatic rings. The molecule has 31 heavy (non-hydrogen) atoms. The van der Waals surface area contributed by atoms with Crippen molar-refractivity contribution in [3.8, 4) is 10.4 Å². The van der Waals surface area contributed by atoms with E-state index in [1.807, 2.05) is 0 Å². The molecule has 1 fully saturated rings. The van der Waals surface area contributed by atoms with Crippen LogP contribution < -0.4 is 10.6 Å². The van der Waals surface area contributed by atoms with Crippen molar-refractivity contribution >= 4 is 23.1 Å². The lowest BCUT2D eigenvalue weighted by atomic mass is 10.1. The number of carbonyl (C=O) groups excluding carboxylic acids is 1. The first-order chi connectivity index (χ1) is 14.6. The SMILES string of the molecule is CC[C@H](Nc1cc(C(F)F)c(-c2cnc(C(=O)N[C@@H]3CCC[C@H]3O)s2)cn1)C(F)(F)F. The summed E-state index contributed by atoms with van der Waals surface area (Å²) < 4.78 is 66.1. The van der Waals surface area contributed by atoms with Crippen molar-refractivity contribution < 1.29 is 31.9 Å². The summed E-state index contributed by atoms with van der Waals surface area (Å²) >= 11 is 0.860. The smallest absolute Gasteiger partial charge is 0.391 e. The zero-order valence-corrected chi connectivity index (χ0v) is 17.2. The lowest BCUT2D eigenvalue weighted by Gasteiger charge is -2.21. The molecule has 3 atom stereocenters. The van der Waals surface area contributed by atoms with Crippen LogP contribution in [0.4, 0.5) is 27.8 Å². The molecule has 2 heterocycles. The maximum Gasteiger partial charge on any atom is 0.408 e. The van der Waals surface area contributed by atoms with Crippen LogP contribution in [0, 0.1) is 0 Å². The van der Waals surface area contributed by atoms with Gasteiger partial charge in [0.05, 0.1) is 17.0 Å². The van der Waals surface area contributed by atoms with E-state index in [0.29, 0.717) is 12.8 Å². The second kappa shape index (κ2) is 9.43. The number of nitrogens with zero attached hydrogens (tertiary/aromatic N) is 2. The van der Waals surface area contributed by atoms with Gasteiger partial charge in [0, 0.05) is 23.5 Å². The Morgan fingerprint density at radius 1 is 1.29 bits per heavy atom. The van der Waals surface area contributed by atoms with Crippen molar-refractivity contribution in [2.45, 2.75) is 63.4 Å². The first-order valence-electron chi connectivity index (χ1n) is 9.66. The maximum absolute atomic E-state index is 13.6. The van der Waals surface area contributed by atoms with Gasteiger partial charge in [-0.05, 0) is 31.7 Å². The summed E-state index contributed by atoms with van der Waals surface area (Å²) in [6, 6.07) is -1.42. The number of hydrogen-bond acceptors (Lipinski definition) is 6. The Hall–Kier alpha value is -2.34. The molecule has 6 nitrogen and oxygen atoms in total. The number of thiazole rings is 1. The number of halogens is 5. The van der Waals surface area contributed by atoms with Crippen molar-refractivity contribution in [2.75, 3.05) is 5.32 Å². The van der Waals surface area contributed by atoms with Gasteiger partial charge in [0.2, 0.25) is 0 Å². The Bertz CT molecular complexity index is 921. The molecule has 0 bridgehead atoms. The van der Waals surface area contributed by atoms with Gasteiger partial charge in [-0.25, -0.2) is 18.7 Å². The molecule has 170 valence electrons. The van der Waals surface area contributed by atoms with Crippen LogP contribution in [0.1, 0.15) is 54.4 Å². The van der Waals surface area contributed by atoms with Crippen molar-refractivity contribution in [3.63, 3.8) is 0 Å². The third kappa shape index (κ3) is 5.48. The van der Waals surface area contributed by atoms with E-state index in [-0.39, 0.29) is 33.7 Å². The summed E-state index contributed by atoms with van der Waals surface area (Å²) in [5.41, 5.74) is -0.533. The van der Waals surface area contributed by atoms with Crippen LogP contribution in [0.3, 0.4) is 0 Å². The lowest BCUT2D eigenvalue weighted by Crippen LogP contribution is -2.39. The molecule has 12 heteroatoms. The number of pyridine rings is 1. The number of aromatic nitrogens is 2. The monoisotopic (exact) mass is 464 g/mol. The Labute approximate surface area is 178 Å². The largest absolute Gasteiger partial charge is 0.408 e. The number of alkyl halides is 5. The third-order valence-electron chi connectivity index (χ3n) is 5.06. The highest BCUT2D eigenvalue weighted by atomic mass is 32.1. The Morgan fingerprint density at radius 3 is 2.61 bits per heavy atom. The number of anilines is 1. The minimum Gasteiger partial charge on any atom is -0.391 e. The second-order valence-electron chi connectivity index (χ2n) is 7.21. The van der Waals surface area contributed by atoms with Gasteiger partial charge < -0.3 is 15.7 Å². The van der Waals surface area contributed by atoms with Crippen LogP contribution in [0.15, 0.2) is 18.5 Å². The van der Waals surface area contributed by atoms with E-state index in [1.54, 1.807) is 0 Å². The van der Waals surface area contributed by atoms with Crippen LogP contribution in [-0.2, 0) is 0 Å². The molecule has 3 rings (SSSR count). The average Bonchev–Trinajstić information content (AvgIpc) is 3.34. The summed E-state index contributed by atoms with van der Waals surface area (Å²) in [6.07, 6.45) is -4.16. The van der Waals surface area contributed by atoms with Gasteiger partial charge in [-0.15, -0.1) is 11.3 Å². The van der Waals surface area contributed by atoms with Crippen molar-refractivity contribution in [1.29, 1.82) is 0 Å². The molecule has 0 unspecified atom stereocenters. The summed E-state index contributed by atoms with van der Waals surface area (Å²) in [6.45, 7) is 1.32. The number of aliphatic hydroxyl groups is 1. The van der Waals surface area contributed by atoms with Gasteiger partial charge in [-0.1, -0.05) is 6.92 Å². The molecular weight excluding hydrogens is 443 g/mol. The molecule has 0 radical (unpaired) electrons. The van der Waals surface area contributed by atoms with E-state index in [2.05, 4.69) is 20.6 Å². The molecule has 2 aromatic heterocycles. The fraction of sp³-hybridized carbons (Fsp3) is 0.526. The van der Waals surface area contributed by atoms with Crippen LogP contribution >= 0.6 is 11.3 Å². The second-order valence-corrected chi connectivity index (χ2v) is 8.24. The standard InChI is InChI=1S/C19H21F5N4O2S/c1-2-14(19(22,23)24)28-15-6-9(16(20)21)10(7-25-15)13-8-26-18(31-13)17(30)27-11-4-3-5-12(11)29/h6-8,11-12,14,16,29H,2-5H2,1H3,(H,25,28)(H,27,30)/t11-,12-,14+/m1/s1. The topological polar surface area (TPSA) is 87.1 Å². The Kier molecular flexibility index (Phi) is 7.10. The maximum atomic E-state index is 13.6. The van der Waals surface area contributed by atoms with Crippen LogP contribution in [0.25, 0.3) is 10.4 Å². The predicted molar refractivity (Wildman–Crippen MR) is 105 cm³/mol. The molecule has 1 amide bonds. The summed E-state index contributed by atoms with van der Waals surface area (Å²) in [7, 11) is 0. The zero-order valence-electron chi connectivity index (χ0n) is 16.4. The number of carbonyl (C=O) groups is 1. The molecular formula is C19H21F5N4O2S. The number of hydrogen-bond donors (Lipinski definition) is 3. The van der Waals surface area contributed by atoms with E-state index in [4.69, 9.17) is 0 Å². The van der Waals surface area contributed by atoms with Gasteiger partial charge in [0.15, 0.2) is 5.01 Å². The van der Waals surface area contributed by atoms with Crippen LogP contribution in [0.2, 0.25) is 0 Å². The van der Waals surface area contributed by atoms with E-state index in [9.17, 15) is 31.9 Å². The molecule has 0 spiro atoms. The van der Waals surface area contributed by atoms with E-state index < -0.39 is 36.2 Å².